The van der Waals surface area contributed by atoms with Crippen LogP contribution in [0.5, 0.6) is 11.5 Å². The van der Waals surface area contributed by atoms with E-state index in [0.717, 1.165) is 12.0 Å². The summed E-state index contributed by atoms with van der Waals surface area (Å²) in [6, 6.07) is 16.8. The van der Waals surface area contributed by atoms with Crippen molar-refractivity contribution in [1.82, 2.24) is 5.32 Å². The number of carbonyl (C=O) groups is 2. The zero-order valence-electron chi connectivity index (χ0n) is 15.6. The summed E-state index contributed by atoms with van der Waals surface area (Å²) in [5.74, 6) is 0.306. The molecule has 27 heavy (non-hydrogen) atoms. The normalized spacial score (nSPS) is 11.3. The summed E-state index contributed by atoms with van der Waals surface area (Å²) in [6.45, 7) is 4.24. The zero-order valence-corrected chi connectivity index (χ0v) is 15.6. The fourth-order valence-electron chi connectivity index (χ4n) is 2.19. The van der Waals surface area contributed by atoms with Gasteiger partial charge in [-0.2, -0.15) is 0 Å². The van der Waals surface area contributed by atoms with Crippen molar-refractivity contribution in [3.8, 4) is 11.5 Å². The van der Waals surface area contributed by atoms with E-state index in [1.54, 1.807) is 24.3 Å². The minimum Gasteiger partial charge on any atom is -0.489 e. The van der Waals surface area contributed by atoms with E-state index in [1.165, 1.54) is 6.92 Å². The zero-order chi connectivity index (χ0) is 19.5. The monoisotopic (exact) mass is 371 g/mol. The van der Waals surface area contributed by atoms with E-state index in [4.69, 9.17) is 14.2 Å². The van der Waals surface area contributed by atoms with Crippen LogP contribution in [0.2, 0.25) is 0 Å². The van der Waals surface area contributed by atoms with Crippen LogP contribution in [0.25, 0.3) is 0 Å². The van der Waals surface area contributed by atoms with Crippen LogP contribution in [0, 0.1) is 0 Å². The first-order valence-electron chi connectivity index (χ1n) is 8.95. The second-order valence-electron chi connectivity index (χ2n) is 5.96. The largest absolute Gasteiger partial charge is 0.489 e. The van der Waals surface area contributed by atoms with Crippen LogP contribution in [-0.4, -0.2) is 31.1 Å². The van der Waals surface area contributed by atoms with Crippen molar-refractivity contribution in [2.45, 2.75) is 33.0 Å². The molecule has 0 heterocycles. The number of hydrogen-bond donors (Lipinski definition) is 1. The molecule has 0 radical (unpaired) electrons. The van der Waals surface area contributed by atoms with Gasteiger partial charge in [-0.25, -0.2) is 4.79 Å². The Bertz CT molecular complexity index is 715. The van der Waals surface area contributed by atoms with Crippen molar-refractivity contribution in [1.29, 1.82) is 0 Å². The molecule has 0 aliphatic rings. The van der Waals surface area contributed by atoms with Crippen LogP contribution < -0.4 is 14.8 Å². The van der Waals surface area contributed by atoms with E-state index in [0.29, 0.717) is 24.7 Å². The number of ether oxygens (including phenoxy) is 3. The SMILES string of the molecule is CCCNC(=O)[C@H](C)OC(=O)COc1ccc(OCc2ccccc2)cc1. The van der Waals surface area contributed by atoms with Crippen molar-refractivity contribution in [2.24, 2.45) is 0 Å². The Hall–Kier alpha value is -3.02. The summed E-state index contributed by atoms with van der Waals surface area (Å²) >= 11 is 0. The molecule has 2 aromatic carbocycles. The lowest BCUT2D eigenvalue weighted by atomic mass is 10.2. The van der Waals surface area contributed by atoms with Gasteiger partial charge in [0.2, 0.25) is 0 Å². The quantitative estimate of drug-likeness (QED) is 0.650. The summed E-state index contributed by atoms with van der Waals surface area (Å²) in [4.78, 5) is 23.4. The molecule has 0 aromatic heterocycles. The number of nitrogens with one attached hydrogen (secondary N) is 1. The molecule has 0 unspecified atom stereocenters. The predicted molar refractivity (Wildman–Crippen MR) is 102 cm³/mol. The molecule has 144 valence electrons. The van der Waals surface area contributed by atoms with Crippen LogP contribution >= 0.6 is 0 Å². The first kappa shape index (κ1) is 20.3. The Morgan fingerprint density at radius 2 is 1.59 bits per heavy atom. The maximum absolute atomic E-state index is 11.8. The summed E-state index contributed by atoms with van der Waals surface area (Å²) in [7, 11) is 0. The van der Waals surface area contributed by atoms with Crippen molar-refractivity contribution in [3.63, 3.8) is 0 Å². The molecule has 1 atom stereocenters. The molecule has 6 nitrogen and oxygen atoms in total. The molecule has 0 bridgehead atoms. The first-order valence-corrected chi connectivity index (χ1v) is 8.95. The van der Waals surface area contributed by atoms with Gasteiger partial charge in [0.1, 0.15) is 18.1 Å². The maximum atomic E-state index is 11.8. The van der Waals surface area contributed by atoms with Gasteiger partial charge in [0.25, 0.3) is 5.91 Å². The topological polar surface area (TPSA) is 73.9 Å². The first-order chi connectivity index (χ1) is 13.1. The number of amides is 1. The highest BCUT2D eigenvalue weighted by Crippen LogP contribution is 2.18. The summed E-state index contributed by atoms with van der Waals surface area (Å²) in [5.41, 5.74) is 1.08. The average Bonchev–Trinajstić information content (AvgIpc) is 2.70. The molecule has 0 spiro atoms. The second-order valence-corrected chi connectivity index (χ2v) is 5.96. The van der Waals surface area contributed by atoms with Gasteiger partial charge in [-0.15, -0.1) is 0 Å². The molecule has 0 saturated carbocycles. The van der Waals surface area contributed by atoms with Crippen LogP contribution in [-0.2, 0) is 20.9 Å². The molecule has 6 heteroatoms. The summed E-state index contributed by atoms with van der Waals surface area (Å²) < 4.78 is 16.1. The number of rotatable bonds is 10. The van der Waals surface area contributed by atoms with Gasteiger partial charge < -0.3 is 19.5 Å². The standard InChI is InChI=1S/C21H25NO5/c1-3-13-22-21(24)16(2)27-20(23)15-26-19-11-9-18(10-12-19)25-14-17-7-5-4-6-8-17/h4-12,16H,3,13-15H2,1-2H3,(H,22,24)/t16-/m0/s1. The van der Waals surface area contributed by atoms with Crippen molar-refractivity contribution >= 4 is 11.9 Å². The highest BCUT2D eigenvalue weighted by molar-refractivity contribution is 5.83. The van der Waals surface area contributed by atoms with Crippen LogP contribution in [0.4, 0.5) is 0 Å². The van der Waals surface area contributed by atoms with Crippen LogP contribution in [0.15, 0.2) is 54.6 Å². The van der Waals surface area contributed by atoms with Gasteiger partial charge in [0, 0.05) is 6.54 Å². The van der Waals surface area contributed by atoms with Gasteiger partial charge in [0.05, 0.1) is 0 Å². The second kappa shape index (κ2) is 10.9. The number of carbonyl (C=O) groups excluding carboxylic acids is 2. The molecule has 1 N–H and O–H groups in total. The Morgan fingerprint density at radius 3 is 2.22 bits per heavy atom. The van der Waals surface area contributed by atoms with Crippen molar-refractivity contribution in [3.05, 3.63) is 60.2 Å². The molecule has 0 saturated heterocycles. The van der Waals surface area contributed by atoms with Gasteiger partial charge in [-0.3, -0.25) is 4.79 Å². The van der Waals surface area contributed by atoms with Crippen LogP contribution in [0.3, 0.4) is 0 Å². The number of esters is 1. The van der Waals surface area contributed by atoms with Gasteiger partial charge in [-0.05, 0) is 43.2 Å². The molecule has 0 aliphatic carbocycles. The Balaban J connectivity index is 1.72. The average molecular weight is 371 g/mol. The molecule has 1 amide bonds. The smallest absolute Gasteiger partial charge is 0.344 e. The van der Waals surface area contributed by atoms with E-state index in [1.807, 2.05) is 37.3 Å². The molecule has 0 aliphatic heterocycles. The maximum Gasteiger partial charge on any atom is 0.344 e. The fourth-order valence-corrected chi connectivity index (χ4v) is 2.19. The highest BCUT2D eigenvalue weighted by atomic mass is 16.6. The van der Waals surface area contributed by atoms with Crippen LogP contribution in [0.1, 0.15) is 25.8 Å². The van der Waals surface area contributed by atoms with E-state index >= 15 is 0 Å². The Kier molecular flexibility index (Phi) is 8.16. The van der Waals surface area contributed by atoms with Gasteiger partial charge >= 0.3 is 5.97 Å². The lowest BCUT2D eigenvalue weighted by molar-refractivity contribution is -0.156. The lowest BCUT2D eigenvalue weighted by Gasteiger charge is -2.13. The summed E-state index contributed by atoms with van der Waals surface area (Å²) in [6.07, 6.45) is -0.0259. The molecular formula is C21H25NO5. The third-order valence-electron chi connectivity index (χ3n) is 3.66. The predicted octanol–water partition coefficient (Wildman–Crippen LogP) is 3.10. The Morgan fingerprint density at radius 1 is 0.963 bits per heavy atom. The van der Waals surface area contributed by atoms with Gasteiger partial charge in [0.15, 0.2) is 12.7 Å². The lowest BCUT2D eigenvalue weighted by Crippen LogP contribution is -2.37. The molecular weight excluding hydrogens is 346 g/mol. The van der Waals surface area contributed by atoms with Gasteiger partial charge in [-0.1, -0.05) is 37.3 Å². The third kappa shape index (κ3) is 7.40. The van der Waals surface area contributed by atoms with E-state index in [9.17, 15) is 9.59 Å². The highest BCUT2D eigenvalue weighted by Gasteiger charge is 2.17. The Labute approximate surface area is 159 Å². The van der Waals surface area contributed by atoms with Crippen molar-refractivity contribution < 1.29 is 23.8 Å². The molecule has 2 aromatic rings. The molecule has 0 fully saturated rings. The van der Waals surface area contributed by atoms with E-state index < -0.39 is 12.1 Å². The number of hydrogen-bond acceptors (Lipinski definition) is 5. The molecule has 2 rings (SSSR count). The number of benzene rings is 2. The van der Waals surface area contributed by atoms with Crippen molar-refractivity contribution in [2.75, 3.05) is 13.2 Å². The third-order valence-corrected chi connectivity index (χ3v) is 3.66. The summed E-state index contributed by atoms with van der Waals surface area (Å²) in [5, 5.41) is 2.67. The van der Waals surface area contributed by atoms with E-state index in [2.05, 4.69) is 5.32 Å². The minimum atomic E-state index is -0.846. The minimum absolute atomic E-state index is 0.268. The fraction of sp³-hybridized carbons (Fsp3) is 0.333. The van der Waals surface area contributed by atoms with E-state index in [-0.39, 0.29) is 12.5 Å².